The zero-order valence-corrected chi connectivity index (χ0v) is 22.4. The maximum Gasteiger partial charge on any atom is 0.303 e. The zero-order valence-electron chi connectivity index (χ0n) is 20.8. The van der Waals surface area contributed by atoms with Crippen molar-refractivity contribution in [3.8, 4) is 0 Å². The number of carboxylic acid groups (broad SMARTS) is 1. The van der Waals surface area contributed by atoms with E-state index < -0.39 is 12.0 Å². The summed E-state index contributed by atoms with van der Waals surface area (Å²) >= 11 is 0. The smallest absolute Gasteiger partial charge is 0.303 e. The first kappa shape index (κ1) is 31.7. The van der Waals surface area contributed by atoms with Gasteiger partial charge in [0.1, 0.15) is 0 Å². The molecule has 0 aromatic heterocycles. The van der Waals surface area contributed by atoms with Gasteiger partial charge in [0.15, 0.2) is 5.96 Å². The molecule has 9 nitrogen and oxygen atoms in total. The molecule has 35 heavy (non-hydrogen) atoms. The van der Waals surface area contributed by atoms with Crippen molar-refractivity contribution < 1.29 is 19.4 Å². The summed E-state index contributed by atoms with van der Waals surface area (Å²) in [6.45, 7) is 2.88. The monoisotopic (exact) mass is 537 g/mol. The Morgan fingerprint density at radius 3 is 2.29 bits per heavy atom. The van der Waals surface area contributed by atoms with Crippen LogP contribution in [0.3, 0.4) is 0 Å². The van der Waals surface area contributed by atoms with Gasteiger partial charge in [-0.05, 0) is 57.8 Å². The molecule has 0 aromatic rings. The first-order valence-electron chi connectivity index (χ1n) is 12.9. The molecule has 0 bridgehead atoms. The quantitative estimate of drug-likeness (QED) is 0.248. The lowest BCUT2D eigenvalue weighted by molar-refractivity contribution is -0.139. The minimum absolute atomic E-state index is 0. The first-order valence-corrected chi connectivity index (χ1v) is 12.9. The Kier molecular flexibility index (Phi) is 14.9. The number of carboxylic acids is 1. The largest absolute Gasteiger partial charge is 0.481 e. The van der Waals surface area contributed by atoms with Crippen LogP contribution in [0.4, 0.5) is 0 Å². The van der Waals surface area contributed by atoms with Gasteiger partial charge >= 0.3 is 5.97 Å². The molecule has 1 saturated carbocycles. The number of amides is 1. The van der Waals surface area contributed by atoms with Gasteiger partial charge in [-0.15, -0.1) is 24.8 Å². The fourth-order valence-corrected chi connectivity index (χ4v) is 5.52. The molecule has 5 N–H and O–H groups in total. The van der Waals surface area contributed by atoms with Gasteiger partial charge in [-0.25, -0.2) is 0 Å². The summed E-state index contributed by atoms with van der Waals surface area (Å²) in [5.41, 5.74) is 5.57. The standard InChI is InChI=1S/C24H43N5O4.2ClH/c25-24(26)28-15-11-20(12-16-28)33-17-13-19-8-4-5-14-29(19)23(32)21(9-10-22(30)31)27-18-6-2-1-3-7-18;;/h18-21,27H,1-17H2,(H3,25,26)(H,30,31);2*1H/t19?,21-;;/m0../s1. The summed E-state index contributed by atoms with van der Waals surface area (Å²) in [7, 11) is 0. The van der Waals surface area contributed by atoms with E-state index in [0.29, 0.717) is 19.1 Å². The highest BCUT2D eigenvalue weighted by molar-refractivity contribution is 5.85. The molecule has 1 amide bonds. The van der Waals surface area contributed by atoms with Crippen molar-refractivity contribution in [2.24, 2.45) is 5.73 Å². The summed E-state index contributed by atoms with van der Waals surface area (Å²) in [5.74, 6) is -0.650. The van der Waals surface area contributed by atoms with Crippen molar-refractivity contribution in [3.05, 3.63) is 0 Å². The van der Waals surface area contributed by atoms with Crippen LogP contribution in [0.25, 0.3) is 0 Å². The number of piperidine rings is 2. The second-order valence-electron chi connectivity index (χ2n) is 9.90. The molecule has 0 aromatic carbocycles. The first-order chi connectivity index (χ1) is 15.9. The van der Waals surface area contributed by atoms with Crippen molar-refractivity contribution in [2.75, 3.05) is 26.2 Å². The molecule has 3 rings (SSSR count). The van der Waals surface area contributed by atoms with Crippen LogP contribution in [-0.2, 0) is 14.3 Å². The van der Waals surface area contributed by atoms with Gasteiger partial charge in [0.05, 0.1) is 12.1 Å². The molecule has 3 fully saturated rings. The van der Waals surface area contributed by atoms with Crippen LogP contribution in [0.2, 0.25) is 0 Å². The Morgan fingerprint density at radius 1 is 1.00 bits per heavy atom. The Labute approximate surface area is 222 Å². The number of aliphatic carboxylic acids is 1. The number of nitrogens with one attached hydrogen (secondary N) is 2. The number of halogens is 2. The van der Waals surface area contributed by atoms with Crippen molar-refractivity contribution >= 4 is 42.7 Å². The van der Waals surface area contributed by atoms with Crippen LogP contribution in [0.15, 0.2) is 0 Å². The van der Waals surface area contributed by atoms with E-state index in [-0.39, 0.29) is 55.2 Å². The Balaban J connectivity index is 0.00000306. The number of hydrogen-bond acceptors (Lipinski definition) is 5. The molecular weight excluding hydrogens is 493 g/mol. The maximum absolute atomic E-state index is 13.6. The van der Waals surface area contributed by atoms with Crippen molar-refractivity contribution in [1.82, 2.24) is 15.1 Å². The lowest BCUT2D eigenvalue weighted by Crippen LogP contribution is -2.54. The summed E-state index contributed by atoms with van der Waals surface area (Å²) in [5, 5.41) is 20.3. The predicted molar refractivity (Wildman–Crippen MR) is 142 cm³/mol. The maximum atomic E-state index is 13.6. The minimum Gasteiger partial charge on any atom is -0.481 e. The average Bonchev–Trinajstić information content (AvgIpc) is 2.82. The van der Waals surface area contributed by atoms with Crippen LogP contribution in [0, 0.1) is 5.41 Å². The lowest BCUT2D eigenvalue weighted by atomic mass is 9.93. The average molecular weight is 539 g/mol. The second kappa shape index (κ2) is 16.5. The molecule has 11 heteroatoms. The molecular formula is C24H45Cl2N5O4. The molecule has 2 atom stereocenters. The van der Waals surface area contributed by atoms with Crippen molar-refractivity contribution in [1.29, 1.82) is 5.41 Å². The van der Waals surface area contributed by atoms with Crippen LogP contribution in [0.5, 0.6) is 0 Å². The fraction of sp³-hybridized carbons (Fsp3) is 0.875. The van der Waals surface area contributed by atoms with Crippen molar-refractivity contribution in [3.63, 3.8) is 0 Å². The number of nitrogens with two attached hydrogens (primary N) is 1. The fourth-order valence-electron chi connectivity index (χ4n) is 5.52. The van der Waals surface area contributed by atoms with Gasteiger partial charge in [-0.2, -0.15) is 0 Å². The predicted octanol–water partition coefficient (Wildman–Crippen LogP) is 3.13. The van der Waals surface area contributed by atoms with E-state index in [0.717, 1.165) is 71.0 Å². The second-order valence-corrected chi connectivity index (χ2v) is 9.90. The summed E-state index contributed by atoms with van der Waals surface area (Å²) < 4.78 is 6.13. The number of carbonyl (C=O) groups is 2. The number of nitrogens with zero attached hydrogens (tertiary/aromatic N) is 2. The molecule has 0 radical (unpaired) electrons. The normalized spacial score (nSPS) is 22.6. The van der Waals surface area contributed by atoms with E-state index in [4.69, 9.17) is 15.9 Å². The number of ether oxygens (including phenoxy) is 1. The number of guanidine groups is 1. The summed E-state index contributed by atoms with van der Waals surface area (Å²) in [6, 6.07) is 0.0552. The van der Waals surface area contributed by atoms with E-state index in [9.17, 15) is 14.7 Å². The van der Waals surface area contributed by atoms with Gasteiger partial charge in [-0.3, -0.25) is 15.0 Å². The molecule has 0 spiro atoms. The van der Waals surface area contributed by atoms with Gasteiger partial charge in [0.25, 0.3) is 0 Å². The van der Waals surface area contributed by atoms with Crippen LogP contribution < -0.4 is 11.1 Å². The molecule has 2 aliphatic heterocycles. The van der Waals surface area contributed by atoms with E-state index in [2.05, 4.69) is 5.32 Å². The molecule has 1 aliphatic carbocycles. The molecule has 2 saturated heterocycles. The zero-order chi connectivity index (χ0) is 23.6. The Hall–Kier alpha value is -1.29. The van der Waals surface area contributed by atoms with Crippen molar-refractivity contribution in [2.45, 2.75) is 108 Å². The van der Waals surface area contributed by atoms with Crippen LogP contribution >= 0.6 is 24.8 Å². The van der Waals surface area contributed by atoms with Gasteiger partial charge < -0.3 is 30.7 Å². The van der Waals surface area contributed by atoms with Crippen LogP contribution in [-0.4, -0.2) is 83.2 Å². The number of hydrogen-bond donors (Lipinski definition) is 4. The molecule has 2 heterocycles. The highest BCUT2D eigenvalue weighted by atomic mass is 35.5. The lowest BCUT2D eigenvalue weighted by Gasteiger charge is -2.39. The molecule has 204 valence electrons. The highest BCUT2D eigenvalue weighted by Crippen LogP contribution is 2.24. The Bertz CT molecular complexity index is 658. The van der Waals surface area contributed by atoms with Gasteiger partial charge in [0, 0.05) is 44.7 Å². The number of carbonyl (C=O) groups excluding carboxylic acids is 1. The summed E-state index contributed by atoms with van der Waals surface area (Å²) in [6.07, 6.45) is 11.9. The van der Waals surface area contributed by atoms with Crippen LogP contribution in [0.1, 0.15) is 83.5 Å². The van der Waals surface area contributed by atoms with E-state index in [1.54, 1.807) is 0 Å². The topological polar surface area (TPSA) is 132 Å². The van der Waals surface area contributed by atoms with E-state index in [1.165, 1.54) is 19.3 Å². The number of likely N-dealkylation sites (tertiary alicyclic amines) is 2. The third-order valence-electron chi connectivity index (χ3n) is 7.48. The SMILES string of the molecule is Cl.Cl.N=C(N)N1CCC(OCCC2CCCCN2C(=O)[C@H](CCC(=O)O)NC2CCCCC2)CC1. The minimum atomic E-state index is -0.849. The van der Waals surface area contributed by atoms with Gasteiger partial charge in [0.2, 0.25) is 5.91 Å². The molecule has 1 unspecified atom stereocenters. The molecule has 3 aliphatic rings. The van der Waals surface area contributed by atoms with Gasteiger partial charge in [-0.1, -0.05) is 19.3 Å². The van der Waals surface area contributed by atoms with E-state index in [1.807, 2.05) is 9.80 Å². The van der Waals surface area contributed by atoms with E-state index >= 15 is 0 Å². The third-order valence-corrected chi connectivity index (χ3v) is 7.48. The third kappa shape index (κ3) is 10.3. The Morgan fingerprint density at radius 2 is 1.66 bits per heavy atom. The highest BCUT2D eigenvalue weighted by Gasteiger charge is 2.33. The number of rotatable bonds is 10. The summed E-state index contributed by atoms with van der Waals surface area (Å²) in [4.78, 5) is 28.6.